The Kier molecular flexibility index (Phi) is 18.4. The van der Waals surface area contributed by atoms with Crippen LogP contribution in [0.1, 0.15) is 79.5 Å². The van der Waals surface area contributed by atoms with E-state index in [4.69, 9.17) is 31.4 Å². The highest BCUT2D eigenvalue weighted by Crippen LogP contribution is 2.40. The van der Waals surface area contributed by atoms with E-state index in [0.717, 1.165) is 6.42 Å². The Morgan fingerprint density at radius 3 is 2.10 bits per heavy atom. The first-order valence-electron chi connectivity index (χ1n) is 22.7. The molecule has 0 fully saturated rings. The maximum absolute atomic E-state index is 14.7. The minimum Gasteiger partial charge on any atom is -0.492 e. The second-order valence-corrected chi connectivity index (χ2v) is 17.7. The third-order valence-corrected chi connectivity index (χ3v) is 11.1. The lowest BCUT2D eigenvalue weighted by molar-refractivity contribution is -0.141. The minimum absolute atomic E-state index is 0.00724. The molecule has 4 atom stereocenters. The Bertz CT molecular complexity index is 2500. The zero-order valence-corrected chi connectivity index (χ0v) is 40.2. The van der Waals surface area contributed by atoms with E-state index in [-0.39, 0.29) is 75.0 Å². The summed E-state index contributed by atoms with van der Waals surface area (Å²) in [4.78, 5) is 89.5. The number of nitrogens with one attached hydrogen (secondary N) is 4. The number of likely N-dealkylation sites (N-methyl/N-ethyl adjacent to an activating group) is 1. The van der Waals surface area contributed by atoms with Gasteiger partial charge in [0.05, 0.1) is 35.2 Å². The van der Waals surface area contributed by atoms with Crippen LogP contribution in [-0.2, 0) is 25.6 Å². The molecule has 5 amide bonds. The molecule has 368 valence electrons. The van der Waals surface area contributed by atoms with E-state index in [1.807, 2.05) is 6.07 Å². The van der Waals surface area contributed by atoms with Crippen molar-refractivity contribution in [1.29, 1.82) is 5.26 Å². The number of hydrogen-bond donors (Lipinski definition) is 7. The Morgan fingerprint density at radius 2 is 1.51 bits per heavy atom. The van der Waals surface area contributed by atoms with Crippen molar-refractivity contribution in [2.75, 3.05) is 53.0 Å². The van der Waals surface area contributed by atoms with E-state index in [0.29, 0.717) is 57.3 Å². The Morgan fingerprint density at radius 1 is 0.884 bits per heavy atom. The molecule has 1 aliphatic heterocycles. The number of aryl methyl sites for hydroxylation is 2. The van der Waals surface area contributed by atoms with Crippen molar-refractivity contribution in [2.45, 2.75) is 85.0 Å². The topological polar surface area (TPSA) is 318 Å². The van der Waals surface area contributed by atoms with Gasteiger partial charge < -0.3 is 57.6 Å². The monoisotopic (exact) mass is 949 g/mol. The summed E-state index contributed by atoms with van der Waals surface area (Å²) in [6.45, 7) is 11.8. The first kappa shape index (κ1) is 52.7. The van der Waals surface area contributed by atoms with Crippen molar-refractivity contribution in [3.63, 3.8) is 0 Å². The van der Waals surface area contributed by atoms with Gasteiger partial charge in [0.25, 0.3) is 5.91 Å². The van der Waals surface area contributed by atoms with E-state index in [1.165, 1.54) is 31.3 Å². The van der Waals surface area contributed by atoms with Gasteiger partial charge in [0.15, 0.2) is 5.82 Å². The van der Waals surface area contributed by atoms with Gasteiger partial charge in [-0.15, -0.1) is 0 Å². The van der Waals surface area contributed by atoms with Crippen molar-refractivity contribution in [3.8, 4) is 46.1 Å². The van der Waals surface area contributed by atoms with Gasteiger partial charge in [-0.05, 0) is 81.0 Å². The third-order valence-electron chi connectivity index (χ3n) is 11.1. The second-order valence-electron chi connectivity index (χ2n) is 17.7. The number of amides is 5. The smallest absolute Gasteiger partial charge is 0.316 e. The second kappa shape index (κ2) is 24.1. The summed E-state index contributed by atoms with van der Waals surface area (Å²) in [6, 6.07) is 7.10. The first-order chi connectivity index (χ1) is 32.9. The number of hydrogen-bond acceptors (Lipinski definition) is 16. The summed E-state index contributed by atoms with van der Waals surface area (Å²) in [6.07, 6.45) is 3.86. The molecule has 10 N–H and O–H groups in total. The highest BCUT2D eigenvalue weighted by atomic mass is 16.5. The molecule has 0 saturated carbocycles. The van der Waals surface area contributed by atoms with Crippen LogP contribution in [0.5, 0.6) is 17.5 Å². The van der Waals surface area contributed by atoms with Gasteiger partial charge in [-0.1, -0.05) is 32.9 Å². The minimum atomic E-state index is -1.43. The Balaban J connectivity index is 1.52. The van der Waals surface area contributed by atoms with E-state index in [2.05, 4.69) is 62.0 Å². The molecule has 5 rings (SSSR count). The number of ether oxygens (including phenoxy) is 3. The third kappa shape index (κ3) is 13.9. The van der Waals surface area contributed by atoms with Crippen molar-refractivity contribution in [1.82, 2.24) is 46.1 Å². The molecular weight excluding hydrogens is 887 g/mol. The fourth-order valence-electron chi connectivity index (χ4n) is 7.49. The molecule has 2 aromatic heterocycles. The fourth-order valence-corrected chi connectivity index (χ4v) is 7.49. The number of aromatic nitrogens is 4. The highest BCUT2D eigenvalue weighted by molar-refractivity contribution is 6.00. The molecule has 0 aliphatic carbocycles. The molecule has 4 aromatic rings. The van der Waals surface area contributed by atoms with Crippen LogP contribution < -0.4 is 52.7 Å². The molecule has 3 heterocycles. The predicted octanol–water partition coefficient (Wildman–Crippen LogP) is 1.54. The summed E-state index contributed by atoms with van der Waals surface area (Å²) in [5.41, 5.74) is 20.9. The molecule has 0 saturated heterocycles. The maximum Gasteiger partial charge on any atom is 0.316 e. The van der Waals surface area contributed by atoms with E-state index < -0.39 is 53.7 Å². The van der Waals surface area contributed by atoms with Gasteiger partial charge in [-0.2, -0.15) is 5.26 Å². The van der Waals surface area contributed by atoms with Gasteiger partial charge in [-0.3, -0.25) is 24.0 Å². The maximum atomic E-state index is 14.7. The van der Waals surface area contributed by atoms with E-state index in [1.54, 1.807) is 50.2 Å². The van der Waals surface area contributed by atoms with Crippen molar-refractivity contribution < 1.29 is 38.2 Å². The van der Waals surface area contributed by atoms with Crippen molar-refractivity contribution in [3.05, 3.63) is 76.9 Å². The molecule has 0 unspecified atom stereocenters. The molecule has 69 heavy (non-hydrogen) atoms. The molecule has 2 aromatic carbocycles. The average molecular weight is 950 g/mol. The molecule has 0 radical (unpaired) electrons. The normalized spacial score (nSPS) is 16.4. The number of fused-ring (bicyclic) bond motifs is 5. The number of nitriles is 1. The van der Waals surface area contributed by atoms with Crippen LogP contribution in [0.3, 0.4) is 0 Å². The van der Waals surface area contributed by atoms with Crippen LogP contribution in [0.2, 0.25) is 0 Å². The number of benzene rings is 2. The summed E-state index contributed by atoms with van der Waals surface area (Å²) >= 11 is 0. The van der Waals surface area contributed by atoms with Crippen LogP contribution in [-0.4, -0.2) is 126 Å². The van der Waals surface area contributed by atoms with Crippen molar-refractivity contribution >= 4 is 29.5 Å². The van der Waals surface area contributed by atoms with Gasteiger partial charge >= 0.3 is 6.01 Å². The van der Waals surface area contributed by atoms with Gasteiger partial charge in [0.2, 0.25) is 23.6 Å². The highest BCUT2D eigenvalue weighted by Gasteiger charge is 2.36. The zero-order valence-electron chi connectivity index (χ0n) is 40.2. The van der Waals surface area contributed by atoms with E-state index in [9.17, 15) is 29.2 Å². The van der Waals surface area contributed by atoms with Crippen LogP contribution in [0.25, 0.3) is 22.5 Å². The van der Waals surface area contributed by atoms with E-state index >= 15 is 0 Å². The molecule has 4 bridgehead atoms. The number of carbonyl (C=O) groups excluding carboxylic acids is 5. The standard InChI is InChI=1S/C48H63N13O8/c1-27-39(28(2)57-41(56-27)32-25-54-47(55-26-32)69-19-13-48(4,5)6)44(64)59-35(12-14-49)46(66)61(7)40-31-9-11-38(68-21-17-52)34(24-31)33-22-30(8-10-37(33)67-20-16-51)23-36(43(63)53-18-15-50)60-42(62)29(3)58-45(40)65/h8-11,22,24-26,29,35-36,40H,12-14,16-21,23,49,51-52H2,1-7H3,(H,53,63)(H,58,65)(H,59,64)(H,60,62)/t29-,35-,36-,40-/m0/s1. The molecule has 21 heteroatoms. The van der Waals surface area contributed by atoms with Gasteiger partial charge in [0, 0.05) is 50.1 Å². The number of nitrogens with zero attached hydrogens (tertiary/aromatic N) is 6. The lowest BCUT2D eigenvalue weighted by atomic mass is 9.93. The molecule has 21 nitrogen and oxygen atoms in total. The number of carbonyl (C=O) groups is 5. The van der Waals surface area contributed by atoms with Crippen molar-refractivity contribution in [2.24, 2.45) is 22.6 Å². The SMILES string of the molecule is Cc1nc(-c2cnc(OCCC(C)(C)C)nc2)nc(C)c1C(=O)N[C@@H](CCN)C(=O)N(C)[C@@H]1C(=O)N[C@@H](C)C(=O)N[C@H](C(=O)NCC#N)Cc2ccc(OCCN)c(c2)-c2cc1ccc2OCCN. The average Bonchev–Trinajstić information content (AvgIpc) is 3.30. The Hall–Kier alpha value is -7.28. The largest absolute Gasteiger partial charge is 0.492 e. The molecule has 1 aliphatic rings. The number of nitrogens with two attached hydrogens (primary N) is 3. The fraction of sp³-hybridized carbons (Fsp3) is 0.458. The summed E-state index contributed by atoms with van der Waals surface area (Å²) in [7, 11) is 1.40. The zero-order chi connectivity index (χ0) is 50.4. The lowest BCUT2D eigenvalue weighted by Gasteiger charge is -2.32. The summed E-state index contributed by atoms with van der Waals surface area (Å²) in [5.74, 6) is -2.42. The Labute approximate surface area is 401 Å². The van der Waals surface area contributed by atoms with Gasteiger partial charge in [0.1, 0.15) is 55.4 Å². The molecule has 0 spiro atoms. The van der Waals surface area contributed by atoms with Gasteiger partial charge in [-0.25, -0.2) is 19.9 Å². The van der Waals surface area contributed by atoms with Crippen LogP contribution in [0, 0.1) is 30.6 Å². The first-order valence-corrected chi connectivity index (χ1v) is 22.7. The predicted molar refractivity (Wildman–Crippen MR) is 255 cm³/mol. The number of rotatable bonds is 18. The molecular formula is C48H63N13O8. The lowest BCUT2D eigenvalue weighted by Crippen LogP contribution is -2.56. The van der Waals surface area contributed by atoms with Crippen LogP contribution in [0.15, 0.2) is 48.8 Å². The summed E-state index contributed by atoms with van der Waals surface area (Å²) in [5, 5.41) is 19.9. The summed E-state index contributed by atoms with van der Waals surface area (Å²) < 4.78 is 17.9. The van der Waals surface area contributed by atoms with Crippen LogP contribution in [0.4, 0.5) is 0 Å². The quantitative estimate of drug-likeness (QED) is 0.0696. The van der Waals surface area contributed by atoms with Crippen LogP contribution >= 0.6 is 0 Å².